The van der Waals surface area contributed by atoms with Crippen LogP contribution in [-0.2, 0) is 6.42 Å². The lowest BCUT2D eigenvalue weighted by atomic mass is 9.97. The minimum absolute atomic E-state index is 0.361. The minimum Gasteiger partial charge on any atom is -0.454 e. The summed E-state index contributed by atoms with van der Waals surface area (Å²) in [7, 11) is 0. The highest BCUT2D eigenvalue weighted by molar-refractivity contribution is 5.44. The molecule has 0 saturated carbocycles. The van der Waals surface area contributed by atoms with Crippen molar-refractivity contribution < 1.29 is 9.47 Å². The number of hydrogen-bond donors (Lipinski definition) is 0. The van der Waals surface area contributed by atoms with Crippen molar-refractivity contribution in [3.63, 3.8) is 0 Å². The second kappa shape index (κ2) is 6.70. The summed E-state index contributed by atoms with van der Waals surface area (Å²) in [5.74, 6) is 2.47. The molecule has 0 amide bonds. The van der Waals surface area contributed by atoms with Gasteiger partial charge in [-0.05, 0) is 56.0 Å². The number of hydrogen-bond acceptors (Lipinski definition) is 4. The summed E-state index contributed by atoms with van der Waals surface area (Å²) >= 11 is 0. The van der Waals surface area contributed by atoms with Crippen molar-refractivity contribution in [3.8, 4) is 11.5 Å². The van der Waals surface area contributed by atoms with Crippen molar-refractivity contribution in [2.24, 2.45) is 5.92 Å². The number of likely N-dealkylation sites (tertiary alicyclic amines) is 2. The highest BCUT2D eigenvalue weighted by atomic mass is 16.7. The van der Waals surface area contributed by atoms with Crippen LogP contribution in [0.3, 0.4) is 0 Å². The van der Waals surface area contributed by atoms with Gasteiger partial charge in [-0.3, -0.25) is 9.80 Å². The van der Waals surface area contributed by atoms with E-state index in [2.05, 4.69) is 28.9 Å². The zero-order valence-corrected chi connectivity index (χ0v) is 14.2. The van der Waals surface area contributed by atoms with Gasteiger partial charge in [-0.15, -0.1) is 0 Å². The van der Waals surface area contributed by atoms with Crippen molar-refractivity contribution in [1.29, 1.82) is 0 Å². The SMILES string of the molecule is C[C@H](Cc1ccc2c(c1)OCO2)CN1CC(N2CCCCC2)C1. The molecule has 126 valence electrons. The third-order valence-electron chi connectivity index (χ3n) is 5.44. The van der Waals surface area contributed by atoms with Gasteiger partial charge in [0, 0.05) is 25.7 Å². The molecule has 3 aliphatic rings. The van der Waals surface area contributed by atoms with Crippen molar-refractivity contribution >= 4 is 0 Å². The largest absolute Gasteiger partial charge is 0.454 e. The zero-order valence-electron chi connectivity index (χ0n) is 14.2. The third kappa shape index (κ3) is 3.48. The Morgan fingerprint density at radius 1 is 1.09 bits per heavy atom. The molecule has 2 fully saturated rings. The molecule has 4 heteroatoms. The van der Waals surface area contributed by atoms with Crippen molar-refractivity contribution in [2.75, 3.05) is 39.5 Å². The van der Waals surface area contributed by atoms with Gasteiger partial charge in [-0.2, -0.15) is 0 Å². The van der Waals surface area contributed by atoms with E-state index in [-0.39, 0.29) is 0 Å². The first-order valence-electron chi connectivity index (χ1n) is 9.13. The molecule has 3 heterocycles. The number of nitrogens with zero attached hydrogens (tertiary/aromatic N) is 2. The number of piperidine rings is 1. The van der Waals surface area contributed by atoms with Crippen LogP contribution in [0.1, 0.15) is 31.7 Å². The summed E-state index contributed by atoms with van der Waals surface area (Å²) in [5, 5.41) is 0. The highest BCUT2D eigenvalue weighted by Crippen LogP contribution is 2.33. The molecule has 0 bridgehead atoms. The molecule has 0 aliphatic carbocycles. The molecule has 1 atom stereocenters. The van der Waals surface area contributed by atoms with E-state index >= 15 is 0 Å². The van der Waals surface area contributed by atoms with Gasteiger partial charge in [-0.25, -0.2) is 0 Å². The average molecular weight is 316 g/mol. The standard InChI is InChI=1S/C19H28N2O2/c1-15(9-16-5-6-18-19(10-16)23-14-22-18)11-20-12-17(13-20)21-7-3-2-4-8-21/h5-6,10,15,17H,2-4,7-9,11-14H2,1H3/t15-/m1/s1. The zero-order chi connectivity index (χ0) is 15.6. The maximum absolute atomic E-state index is 5.48. The highest BCUT2D eigenvalue weighted by Gasteiger charge is 2.32. The summed E-state index contributed by atoms with van der Waals surface area (Å²) in [5.41, 5.74) is 1.36. The molecule has 0 aromatic heterocycles. The summed E-state index contributed by atoms with van der Waals surface area (Å²) in [6.07, 6.45) is 5.34. The Labute approximate surface area is 139 Å². The molecule has 0 radical (unpaired) electrons. The Bertz CT molecular complexity index is 536. The fraction of sp³-hybridized carbons (Fsp3) is 0.684. The molecule has 23 heavy (non-hydrogen) atoms. The molecule has 1 aromatic rings. The Morgan fingerprint density at radius 3 is 2.70 bits per heavy atom. The molecule has 4 nitrogen and oxygen atoms in total. The summed E-state index contributed by atoms with van der Waals surface area (Å²) < 4.78 is 10.9. The lowest BCUT2D eigenvalue weighted by molar-refractivity contribution is 0.0159. The summed E-state index contributed by atoms with van der Waals surface area (Å²) in [6.45, 7) is 9.12. The van der Waals surface area contributed by atoms with Gasteiger partial charge in [0.2, 0.25) is 6.79 Å². The van der Waals surface area contributed by atoms with Gasteiger partial charge in [0.25, 0.3) is 0 Å². The van der Waals surface area contributed by atoms with Crippen LogP contribution in [0.4, 0.5) is 0 Å². The predicted molar refractivity (Wildman–Crippen MR) is 91.1 cm³/mol. The Balaban J connectivity index is 1.23. The van der Waals surface area contributed by atoms with E-state index in [0.29, 0.717) is 12.7 Å². The molecule has 1 aromatic carbocycles. The van der Waals surface area contributed by atoms with E-state index in [9.17, 15) is 0 Å². The number of ether oxygens (including phenoxy) is 2. The summed E-state index contributed by atoms with van der Waals surface area (Å²) in [6, 6.07) is 7.19. The van der Waals surface area contributed by atoms with Crippen molar-refractivity contribution in [1.82, 2.24) is 9.80 Å². The predicted octanol–water partition coefficient (Wildman–Crippen LogP) is 2.76. The molecule has 0 unspecified atom stereocenters. The first-order chi connectivity index (χ1) is 11.3. The van der Waals surface area contributed by atoms with Gasteiger partial charge in [-0.1, -0.05) is 19.4 Å². The van der Waals surface area contributed by atoms with Crippen LogP contribution in [0.5, 0.6) is 11.5 Å². The second-order valence-electron chi connectivity index (χ2n) is 7.47. The first-order valence-corrected chi connectivity index (χ1v) is 9.13. The van der Waals surface area contributed by atoms with E-state index in [1.54, 1.807) is 0 Å². The first kappa shape index (κ1) is 15.3. The van der Waals surface area contributed by atoms with E-state index in [0.717, 1.165) is 24.0 Å². The molecule has 3 aliphatic heterocycles. The van der Waals surface area contributed by atoms with E-state index < -0.39 is 0 Å². The second-order valence-corrected chi connectivity index (χ2v) is 7.47. The third-order valence-corrected chi connectivity index (χ3v) is 5.44. The normalized spacial score (nSPS) is 23.7. The summed E-state index contributed by atoms with van der Waals surface area (Å²) in [4.78, 5) is 5.33. The Kier molecular flexibility index (Phi) is 4.45. The fourth-order valence-corrected chi connectivity index (χ4v) is 4.18. The monoisotopic (exact) mass is 316 g/mol. The fourth-order valence-electron chi connectivity index (χ4n) is 4.18. The lowest BCUT2D eigenvalue weighted by Gasteiger charge is -2.47. The molecule has 0 N–H and O–H groups in total. The van der Waals surface area contributed by atoms with Crippen LogP contribution in [0.25, 0.3) is 0 Å². The van der Waals surface area contributed by atoms with E-state index in [1.165, 1.54) is 57.5 Å². The quantitative estimate of drug-likeness (QED) is 0.834. The maximum Gasteiger partial charge on any atom is 0.231 e. The maximum atomic E-state index is 5.48. The van der Waals surface area contributed by atoms with Gasteiger partial charge in [0.1, 0.15) is 0 Å². The van der Waals surface area contributed by atoms with Gasteiger partial charge >= 0.3 is 0 Å². The topological polar surface area (TPSA) is 24.9 Å². The van der Waals surface area contributed by atoms with Gasteiger partial charge < -0.3 is 9.47 Å². The molecular weight excluding hydrogens is 288 g/mol. The van der Waals surface area contributed by atoms with Crippen LogP contribution in [0.15, 0.2) is 18.2 Å². The molecule has 2 saturated heterocycles. The van der Waals surface area contributed by atoms with Crippen LogP contribution in [0, 0.1) is 5.92 Å². The van der Waals surface area contributed by atoms with Crippen molar-refractivity contribution in [3.05, 3.63) is 23.8 Å². The van der Waals surface area contributed by atoms with E-state index in [4.69, 9.17) is 9.47 Å². The number of benzene rings is 1. The van der Waals surface area contributed by atoms with Crippen LogP contribution in [-0.4, -0.2) is 55.4 Å². The smallest absolute Gasteiger partial charge is 0.231 e. The Hall–Kier alpha value is -1.26. The van der Waals surface area contributed by atoms with Crippen molar-refractivity contribution in [2.45, 2.75) is 38.6 Å². The lowest BCUT2D eigenvalue weighted by Crippen LogP contribution is -2.60. The molecule has 0 spiro atoms. The minimum atomic E-state index is 0.361. The van der Waals surface area contributed by atoms with Crippen LogP contribution in [0.2, 0.25) is 0 Å². The number of rotatable bonds is 5. The number of fused-ring (bicyclic) bond motifs is 1. The van der Waals surface area contributed by atoms with Crippen LogP contribution >= 0.6 is 0 Å². The van der Waals surface area contributed by atoms with Gasteiger partial charge in [0.15, 0.2) is 11.5 Å². The van der Waals surface area contributed by atoms with E-state index in [1.807, 2.05) is 6.07 Å². The van der Waals surface area contributed by atoms with Crippen LogP contribution < -0.4 is 9.47 Å². The van der Waals surface area contributed by atoms with Gasteiger partial charge in [0.05, 0.1) is 0 Å². The molecule has 4 rings (SSSR count). The Morgan fingerprint density at radius 2 is 1.87 bits per heavy atom. The molecular formula is C19H28N2O2. The average Bonchev–Trinajstić information content (AvgIpc) is 2.99.